The standard InChI is InChI=1S/C5H11N.2HI.H2O4S.Pt/c6-5-3-1-2-4-5;;;1-5(2,3)4;/h5H,1-4,6H2;2*1H;(H2,1,2,3,4);/q;;;;+2/p-2. The van der Waals surface area contributed by atoms with Gasteiger partial charge in [-0.3, -0.25) is 9.11 Å². The van der Waals surface area contributed by atoms with Gasteiger partial charge in [0, 0.05) is 6.04 Å². The van der Waals surface area contributed by atoms with Gasteiger partial charge in [-0.1, -0.05) is 12.8 Å². The molecule has 0 aromatic heterocycles. The molecule has 0 aliphatic heterocycles. The van der Waals surface area contributed by atoms with E-state index in [0.29, 0.717) is 17.2 Å². The van der Waals surface area contributed by atoms with Crippen LogP contribution in [0.4, 0.5) is 0 Å². The van der Waals surface area contributed by atoms with Crippen molar-refractivity contribution in [3.63, 3.8) is 0 Å². The average Bonchev–Trinajstić information content (AvgIpc) is 2.37. The fourth-order valence-corrected chi connectivity index (χ4v) is 0.957. The Kier molecular flexibility index (Phi) is 15.0. The number of rotatable bonds is 0. The summed E-state index contributed by atoms with van der Waals surface area (Å²) in [5.41, 5.74) is 5.53. The van der Waals surface area contributed by atoms with Crippen LogP contribution in [0.2, 0.25) is 0 Å². The Labute approximate surface area is 114 Å². The second-order valence-electron chi connectivity index (χ2n) is 2.54. The molecule has 92 valence electrons. The Hall–Kier alpha value is 1.98. The molecule has 1 rings (SSSR count). The fourth-order valence-electron chi connectivity index (χ4n) is 0.957. The van der Waals surface area contributed by atoms with Crippen molar-refractivity contribution < 1.29 is 28.7 Å². The minimum atomic E-state index is -4.67. The van der Waals surface area contributed by atoms with Gasteiger partial charge in [0.05, 0.1) is 0 Å². The Morgan fingerprint density at radius 1 is 1.21 bits per heavy atom. The van der Waals surface area contributed by atoms with Gasteiger partial charge >= 0.3 is 60.3 Å². The Bertz CT molecular complexity index is 200. The van der Waals surface area contributed by atoms with E-state index in [1.54, 1.807) is 0 Å². The van der Waals surface area contributed by atoms with Crippen LogP contribution in [0.5, 0.6) is 0 Å². The molecule has 0 unspecified atom stereocenters. The van der Waals surface area contributed by atoms with Crippen molar-refractivity contribution in [2.24, 2.45) is 5.73 Å². The topological polar surface area (TPSA) is 101 Å². The first kappa shape index (κ1) is 18.3. The summed E-state index contributed by atoms with van der Waals surface area (Å²) in [6, 6.07) is 0.546. The third-order valence-corrected chi connectivity index (χ3v) is 1.40. The van der Waals surface area contributed by atoms with Crippen LogP contribution in [0, 0.1) is 0 Å². The van der Waals surface area contributed by atoms with Gasteiger partial charge in [-0.25, -0.2) is 0 Å². The molecule has 0 atom stereocenters. The molecule has 0 radical (unpaired) electrons. The van der Waals surface area contributed by atoms with E-state index in [2.05, 4.69) is 38.7 Å². The molecule has 1 saturated carbocycles. The molecule has 0 saturated heterocycles. The van der Waals surface area contributed by atoms with E-state index in [-0.39, 0.29) is 0 Å². The molecule has 0 amide bonds. The molecule has 0 spiro atoms. The average molecular weight is 632 g/mol. The van der Waals surface area contributed by atoms with Gasteiger partial charge in [-0.2, -0.15) is 8.42 Å². The van der Waals surface area contributed by atoms with Crippen LogP contribution in [0.25, 0.3) is 0 Å². The number of hydrogen-bond acceptors (Lipinski definition) is 3. The van der Waals surface area contributed by atoms with E-state index < -0.39 is 10.4 Å². The molecule has 9 heteroatoms. The maximum absolute atomic E-state index is 8.74. The molecule has 4 N–H and O–H groups in total. The molecule has 1 aliphatic rings. The molecule has 14 heavy (non-hydrogen) atoms. The minimum absolute atomic E-state index is 0.523. The molecule has 0 aromatic carbocycles. The molecule has 1 aliphatic carbocycles. The third-order valence-electron chi connectivity index (χ3n) is 1.40. The predicted octanol–water partition coefficient (Wildman–Crippen LogP) is 2.00. The van der Waals surface area contributed by atoms with E-state index in [1.165, 1.54) is 25.7 Å². The van der Waals surface area contributed by atoms with Gasteiger partial charge in [0.1, 0.15) is 0 Å². The zero-order chi connectivity index (χ0) is 11.6. The molecular formula is C5H13I2NO4PtS. The number of halogens is 2. The van der Waals surface area contributed by atoms with Crippen molar-refractivity contribution in [1.29, 1.82) is 0 Å². The normalized spacial score (nSPS) is 16.6. The van der Waals surface area contributed by atoms with Crippen LogP contribution < -0.4 is 5.73 Å². The van der Waals surface area contributed by atoms with Crippen molar-refractivity contribution in [3.8, 4) is 0 Å². The van der Waals surface area contributed by atoms with Crippen LogP contribution in [-0.2, 0) is 21.6 Å². The molecule has 1 fully saturated rings. The SMILES string of the molecule is NC1CCCC1.O=S(=O)(O)O.[I][Pt][I]. The quantitative estimate of drug-likeness (QED) is 0.281. The molecule has 0 heterocycles. The van der Waals surface area contributed by atoms with Crippen LogP contribution >= 0.6 is 38.7 Å². The van der Waals surface area contributed by atoms with Crippen molar-refractivity contribution in [2.45, 2.75) is 31.7 Å². The van der Waals surface area contributed by atoms with E-state index in [4.69, 9.17) is 23.3 Å². The fraction of sp³-hybridized carbons (Fsp3) is 1.00. The first-order valence-corrected chi connectivity index (χ1v) is 17.9. The van der Waals surface area contributed by atoms with Gasteiger partial charge < -0.3 is 5.73 Å². The summed E-state index contributed by atoms with van der Waals surface area (Å²) in [7, 11) is -4.67. The number of hydrogen-bond donors (Lipinski definition) is 3. The molecule has 5 nitrogen and oxygen atoms in total. The summed E-state index contributed by atoms with van der Waals surface area (Å²) in [6.07, 6.45) is 5.25. The second-order valence-corrected chi connectivity index (χ2v) is 20.0. The summed E-state index contributed by atoms with van der Waals surface area (Å²) in [5, 5.41) is 0. The van der Waals surface area contributed by atoms with Crippen molar-refractivity contribution >= 4 is 49.1 Å². The summed E-state index contributed by atoms with van der Waals surface area (Å²) >= 11 is 5.30. The Morgan fingerprint density at radius 3 is 1.50 bits per heavy atom. The third kappa shape index (κ3) is 29.2. The Morgan fingerprint density at radius 2 is 1.43 bits per heavy atom. The second kappa shape index (κ2) is 11.5. The summed E-state index contributed by atoms with van der Waals surface area (Å²) in [4.78, 5) is 0. The van der Waals surface area contributed by atoms with Crippen molar-refractivity contribution in [3.05, 3.63) is 0 Å². The van der Waals surface area contributed by atoms with E-state index in [1.807, 2.05) is 0 Å². The Balaban J connectivity index is 0. The van der Waals surface area contributed by atoms with Crippen LogP contribution in [0.15, 0.2) is 0 Å². The molecule has 0 aromatic rings. The number of nitrogens with two attached hydrogens (primary N) is 1. The van der Waals surface area contributed by atoms with Crippen LogP contribution in [-0.4, -0.2) is 23.6 Å². The zero-order valence-corrected chi connectivity index (χ0v) is 14.6. The van der Waals surface area contributed by atoms with Gasteiger partial charge in [-0.05, 0) is 12.8 Å². The van der Waals surface area contributed by atoms with Gasteiger partial charge in [0.2, 0.25) is 0 Å². The van der Waals surface area contributed by atoms with Gasteiger partial charge in [-0.15, -0.1) is 0 Å². The first-order valence-electron chi connectivity index (χ1n) is 3.59. The van der Waals surface area contributed by atoms with Gasteiger partial charge in [0.15, 0.2) is 0 Å². The van der Waals surface area contributed by atoms with E-state index >= 15 is 0 Å². The summed E-state index contributed by atoms with van der Waals surface area (Å²) in [6.45, 7) is 0. The van der Waals surface area contributed by atoms with Crippen molar-refractivity contribution in [2.75, 3.05) is 0 Å². The van der Waals surface area contributed by atoms with E-state index in [0.717, 1.165) is 0 Å². The van der Waals surface area contributed by atoms with Crippen molar-refractivity contribution in [1.82, 2.24) is 0 Å². The molecular weight excluding hydrogens is 619 g/mol. The van der Waals surface area contributed by atoms with Crippen LogP contribution in [0.1, 0.15) is 25.7 Å². The summed E-state index contributed by atoms with van der Waals surface area (Å²) < 4.78 is 31.6. The van der Waals surface area contributed by atoms with Crippen LogP contribution in [0.3, 0.4) is 0 Å². The zero-order valence-electron chi connectivity index (χ0n) is 7.17. The molecule has 0 bridgehead atoms. The first-order chi connectivity index (χ1) is 6.31. The monoisotopic (exact) mass is 632 g/mol. The van der Waals surface area contributed by atoms with Gasteiger partial charge in [0.25, 0.3) is 0 Å². The van der Waals surface area contributed by atoms with E-state index in [9.17, 15) is 0 Å². The maximum atomic E-state index is 8.74. The summed E-state index contributed by atoms with van der Waals surface area (Å²) in [5.74, 6) is 0. The predicted molar refractivity (Wildman–Crippen MR) is 68.7 cm³/mol.